The van der Waals surface area contributed by atoms with E-state index in [1.807, 2.05) is 30.4 Å². The Labute approximate surface area is 168 Å². The van der Waals surface area contributed by atoms with Crippen LogP contribution in [0.2, 0.25) is 0 Å². The van der Waals surface area contributed by atoms with Crippen LogP contribution in [0.3, 0.4) is 0 Å². The molecule has 0 bridgehead atoms. The first-order valence-corrected chi connectivity index (χ1v) is 9.94. The van der Waals surface area contributed by atoms with Gasteiger partial charge in [0.1, 0.15) is 11.1 Å². The van der Waals surface area contributed by atoms with Crippen molar-refractivity contribution in [3.63, 3.8) is 0 Å². The summed E-state index contributed by atoms with van der Waals surface area (Å²) in [4.78, 5) is 18.9. The zero-order valence-electron chi connectivity index (χ0n) is 16.7. The van der Waals surface area contributed by atoms with Gasteiger partial charge >= 0.3 is 0 Å². The summed E-state index contributed by atoms with van der Waals surface area (Å²) in [5.41, 5.74) is 2.13. The Bertz CT molecular complexity index is 1100. The molecule has 0 N–H and O–H groups in total. The summed E-state index contributed by atoms with van der Waals surface area (Å²) in [7, 11) is 1.88. The standard InChI is InChI=1S/C21H24N6O2/c1-4-19(28)26-9-5-6-15-18(26)10-21(15,2)29-20-17-7-8-22-27(17)13-16(24-20)14-11-23-25(3)12-14/h4,7-8,11-13,15,18H,1,5-6,9-10H2,2-3H3/t15?,18?,21-/m0/s1. The topological polar surface area (TPSA) is 77.6 Å². The number of piperidine rings is 1. The fourth-order valence-electron chi connectivity index (χ4n) is 4.82. The van der Waals surface area contributed by atoms with Crippen molar-refractivity contribution in [2.45, 2.75) is 37.8 Å². The highest BCUT2D eigenvalue weighted by molar-refractivity contribution is 5.87. The molecule has 5 rings (SSSR count). The third-order valence-electron chi connectivity index (χ3n) is 6.32. The number of likely N-dealkylation sites (tertiary alicyclic amines) is 1. The van der Waals surface area contributed by atoms with Crippen LogP contribution < -0.4 is 4.74 Å². The zero-order chi connectivity index (χ0) is 20.2. The van der Waals surface area contributed by atoms with Gasteiger partial charge in [-0.3, -0.25) is 9.48 Å². The fraction of sp³-hybridized carbons (Fsp3) is 0.429. The number of ether oxygens (including phenoxy) is 1. The minimum Gasteiger partial charge on any atom is -0.469 e. The predicted molar refractivity (Wildman–Crippen MR) is 107 cm³/mol. The molecule has 1 saturated carbocycles. The lowest BCUT2D eigenvalue weighted by Crippen LogP contribution is -2.67. The summed E-state index contributed by atoms with van der Waals surface area (Å²) < 4.78 is 10.1. The number of rotatable bonds is 4. The number of hydrogen-bond donors (Lipinski definition) is 0. The van der Waals surface area contributed by atoms with Crippen LogP contribution in [-0.2, 0) is 11.8 Å². The third-order valence-corrected chi connectivity index (χ3v) is 6.32. The van der Waals surface area contributed by atoms with Gasteiger partial charge in [-0.05, 0) is 31.9 Å². The summed E-state index contributed by atoms with van der Waals surface area (Å²) in [6, 6.07) is 2.12. The first-order valence-electron chi connectivity index (χ1n) is 9.94. The average Bonchev–Trinajstić information content (AvgIpc) is 3.35. The van der Waals surface area contributed by atoms with Crippen molar-refractivity contribution in [2.24, 2.45) is 13.0 Å². The van der Waals surface area contributed by atoms with E-state index in [1.165, 1.54) is 6.08 Å². The molecule has 1 amide bonds. The van der Waals surface area contributed by atoms with E-state index in [4.69, 9.17) is 9.72 Å². The van der Waals surface area contributed by atoms with Crippen molar-refractivity contribution in [3.8, 4) is 17.1 Å². The molecule has 3 aromatic rings. The molecule has 4 heterocycles. The van der Waals surface area contributed by atoms with E-state index in [0.29, 0.717) is 5.88 Å². The molecule has 2 unspecified atom stereocenters. The van der Waals surface area contributed by atoms with Crippen LogP contribution in [0.25, 0.3) is 16.8 Å². The van der Waals surface area contributed by atoms with Crippen LogP contribution >= 0.6 is 0 Å². The number of fused-ring (bicyclic) bond motifs is 2. The van der Waals surface area contributed by atoms with Crippen LogP contribution in [-0.4, -0.2) is 53.4 Å². The van der Waals surface area contributed by atoms with Gasteiger partial charge in [-0.25, -0.2) is 9.50 Å². The molecule has 3 aromatic heterocycles. The molecule has 1 aliphatic carbocycles. The average molecular weight is 392 g/mol. The lowest BCUT2D eigenvalue weighted by atomic mass is 9.62. The molecule has 0 spiro atoms. The number of carbonyl (C=O) groups excluding carboxylic acids is 1. The monoisotopic (exact) mass is 392 g/mol. The molecular formula is C21H24N6O2. The largest absolute Gasteiger partial charge is 0.469 e. The Morgan fingerprint density at radius 3 is 3.00 bits per heavy atom. The number of aromatic nitrogens is 5. The van der Waals surface area contributed by atoms with Gasteiger partial charge < -0.3 is 9.64 Å². The molecule has 0 radical (unpaired) electrons. The molecule has 2 aliphatic rings. The van der Waals surface area contributed by atoms with E-state index in [2.05, 4.69) is 23.7 Å². The first-order chi connectivity index (χ1) is 14.0. The second-order valence-corrected chi connectivity index (χ2v) is 8.17. The quantitative estimate of drug-likeness (QED) is 0.638. The second-order valence-electron chi connectivity index (χ2n) is 8.17. The minimum atomic E-state index is -0.365. The van der Waals surface area contributed by atoms with Crippen molar-refractivity contribution in [1.82, 2.24) is 29.3 Å². The maximum Gasteiger partial charge on any atom is 0.246 e. The van der Waals surface area contributed by atoms with Gasteiger partial charge in [-0.1, -0.05) is 6.58 Å². The molecule has 3 atom stereocenters. The number of carbonyl (C=O) groups is 1. The molecular weight excluding hydrogens is 368 g/mol. The Morgan fingerprint density at radius 2 is 2.24 bits per heavy atom. The van der Waals surface area contributed by atoms with Crippen LogP contribution in [0.4, 0.5) is 0 Å². The van der Waals surface area contributed by atoms with Crippen molar-refractivity contribution in [2.75, 3.05) is 6.54 Å². The van der Waals surface area contributed by atoms with Crippen LogP contribution in [0, 0.1) is 5.92 Å². The normalized spacial score (nSPS) is 26.1. The Balaban J connectivity index is 1.47. The number of nitrogens with zero attached hydrogens (tertiary/aromatic N) is 6. The van der Waals surface area contributed by atoms with Crippen molar-refractivity contribution < 1.29 is 9.53 Å². The molecule has 0 aromatic carbocycles. The molecule has 1 aliphatic heterocycles. The minimum absolute atomic E-state index is 0.0108. The maximum atomic E-state index is 12.2. The summed E-state index contributed by atoms with van der Waals surface area (Å²) >= 11 is 0. The van der Waals surface area contributed by atoms with E-state index in [1.54, 1.807) is 21.6 Å². The molecule has 29 heavy (non-hydrogen) atoms. The molecule has 2 fully saturated rings. The van der Waals surface area contributed by atoms with E-state index in [-0.39, 0.29) is 23.5 Å². The molecule has 8 heteroatoms. The van der Waals surface area contributed by atoms with E-state index in [9.17, 15) is 4.79 Å². The first kappa shape index (κ1) is 17.9. The highest BCUT2D eigenvalue weighted by Crippen LogP contribution is 2.49. The lowest BCUT2D eigenvalue weighted by molar-refractivity contribution is -0.161. The van der Waals surface area contributed by atoms with Gasteiger partial charge in [0.25, 0.3) is 0 Å². The summed E-state index contributed by atoms with van der Waals surface area (Å²) in [5, 5.41) is 8.62. The van der Waals surface area contributed by atoms with Gasteiger partial charge in [0, 0.05) is 43.7 Å². The van der Waals surface area contributed by atoms with Gasteiger partial charge in [-0.15, -0.1) is 0 Å². The van der Waals surface area contributed by atoms with Gasteiger partial charge in [0.2, 0.25) is 11.8 Å². The van der Waals surface area contributed by atoms with Crippen molar-refractivity contribution in [3.05, 3.63) is 43.5 Å². The fourth-order valence-corrected chi connectivity index (χ4v) is 4.82. The third kappa shape index (κ3) is 2.82. The van der Waals surface area contributed by atoms with Gasteiger partial charge in [0.05, 0.1) is 24.3 Å². The Hall–Kier alpha value is -3.16. The van der Waals surface area contributed by atoms with Crippen LogP contribution in [0.15, 0.2) is 43.5 Å². The molecule has 150 valence electrons. The van der Waals surface area contributed by atoms with Crippen LogP contribution in [0.5, 0.6) is 5.88 Å². The lowest BCUT2D eigenvalue weighted by Gasteiger charge is -2.58. The van der Waals surface area contributed by atoms with E-state index < -0.39 is 0 Å². The van der Waals surface area contributed by atoms with Gasteiger partial charge in [0.15, 0.2) is 0 Å². The van der Waals surface area contributed by atoms with Crippen LogP contribution in [0.1, 0.15) is 26.2 Å². The Morgan fingerprint density at radius 1 is 1.38 bits per heavy atom. The smallest absolute Gasteiger partial charge is 0.246 e. The van der Waals surface area contributed by atoms with Crippen molar-refractivity contribution >= 4 is 11.4 Å². The highest BCUT2D eigenvalue weighted by atomic mass is 16.5. The maximum absolute atomic E-state index is 12.2. The summed E-state index contributed by atoms with van der Waals surface area (Å²) in [5.74, 6) is 0.862. The summed E-state index contributed by atoms with van der Waals surface area (Å²) in [6.07, 6.45) is 11.5. The van der Waals surface area contributed by atoms with E-state index >= 15 is 0 Å². The van der Waals surface area contributed by atoms with Gasteiger partial charge in [-0.2, -0.15) is 10.2 Å². The predicted octanol–water partition coefficient (Wildman–Crippen LogP) is 2.46. The summed E-state index contributed by atoms with van der Waals surface area (Å²) in [6.45, 7) is 6.56. The number of aryl methyl sites for hydroxylation is 1. The Kier molecular flexibility index (Phi) is 3.97. The molecule has 1 saturated heterocycles. The zero-order valence-corrected chi connectivity index (χ0v) is 16.7. The van der Waals surface area contributed by atoms with Crippen molar-refractivity contribution in [1.29, 1.82) is 0 Å². The molecule has 8 nitrogen and oxygen atoms in total. The van der Waals surface area contributed by atoms with E-state index in [0.717, 1.165) is 42.6 Å². The number of hydrogen-bond acceptors (Lipinski definition) is 5. The number of amides is 1. The highest BCUT2D eigenvalue weighted by Gasteiger charge is 2.57. The SMILES string of the molecule is C=CC(=O)N1CCCC2C1C[C@]2(C)Oc1nc(-c2cnn(C)c2)cn2nccc12. The second kappa shape index (κ2) is 6.43.